The molecule has 2 aromatic rings. The van der Waals surface area contributed by atoms with Crippen LogP contribution in [0.1, 0.15) is 11.1 Å². The average molecular weight is 346 g/mol. The van der Waals surface area contributed by atoms with Gasteiger partial charge in [0.2, 0.25) is 0 Å². The highest BCUT2D eigenvalue weighted by Crippen LogP contribution is 2.28. The Morgan fingerprint density at radius 1 is 1.25 bits per heavy atom. The van der Waals surface area contributed by atoms with Gasteiger partial charge in [-0.05, 0) is 35.7 Å². The molecule has 2 rings (SSSR count). The summed E-state index contributed by atoms with van der Waals surface area (Å²) < 4.78 is 10.8. The van der Waals surface area contributed by atoms with E-state index in [-0.39, 0.29) is 12.5 Å². The van der Waals surface area contributed by atoms with Gasteiger partial charge in [0, 0.05) is 11.6 Å². The molecule has 0 heterocycles. The number of benzene rings is 2. The summed E-state index contributed by atoms with van der Waals surface area (Å²) in [6.45, 7) is 3.97. The predicted octanol–water partition coefficient (Wildman–Crippen LogP) is 3.77. The lowest BCUT2D eigenvalue weighted by molar-refractivity contribution is -0.123. The van der Waals surface area contributed by atoms with Crippen molar-refractivity contribution in [2.24, 2.45) is 0 Å². The Kier molecular flexibility index (Phi) is 6.70. The fraction of sp³-hybridized carbons (Fsp3) is 0.211. The summed E-state index contributed by atoms with van der Waals surface area (Å²) in [6.07, 6.45) is 2.56. The smallest absolute Gasteiger partial charge is 0.258 e. The normalized spacial score (nSPS) is 10.1. The Morgan fingerprint density at radius 3 is 2.75 bits per heavy atom. The molecule has 4 nitrogen and oxygen atoms in total. The van der Waals surface area contributed by atoms with E-state index in [0.717, 1.165) is 17.5 Å². The zero-order valence-electron chi connectivity index (χ0n) is 13.5. The van der Waals surface area contributed by atoms with Crippen molar-refractivity contribution < 1.29 is 14.3 Å². The van der Waals surface area contributed by atoms with E-state index in [2.05, 4.69) is 11.9 Å². The van der Waals surface area contributed by atoms with Gasteiger partial charge in [-0.25, -0.2) is 0 Å². The van der Waals surface area contributed by atoms with Crippen LogP contribution in [-0.4, -0.2) is 19.6 Å². The number of hydrogen-bond acceptors (Lipinski definition) is 3. The molecule has 0 aromatic heterocycles. The maximum Gasteiger partial charge on any atom is 0.258 e. The molecule has 0 unspecified atom stereocenters. The van der Waals surface area contributed by atoms with Crippen molar-refractivity contribution in [3.05, 3.63) is 71.3 Å². The van der Waals surface area contributed by atoms with Gasteiger partial charge in [-0.1, -0.05) is 41.9 Å². The third kappa shape index (κ3) is 5.03. The number of methoxy groups -OCH3 is 1. The van der Waals surface area contributed by atoms with Crippen LogP contribution >= 0.6 is 11.6 Å². The van der Waals surface area contributed by atoms with Crippen LogP contribution in [0.3, 0.4) is 0 Å². The first-order chi connectivity index (χ1) is 11.6. The summed E-state index contributed by atoms with van der Waals surface area (Å²) in [5.74, 6) is 0.888. The van der Waals surface area contributed by atoms with E-state index in [4.69, 9.17) is 21.1 Å². The molecule has 0 saturated heterocycles. The Bertz CT molecular complexity index is 716. The average Bonchev–Trinajstić information content (AvgIpc) is 2.60. The molecule has 0 aliphatic rings. The number of ether oxygens (including phenoxy) is 2. The predicted molar refractivity (Wildman–Crippen MR) is 95.7 cm³/mol. The largest absolute Gasteiger partial charge is 0.493 e. The van der Waals surface area contributed by atoms with Crippen molar-refractivity contribution in [1.29, 1.82) is 0 Å². The lowest BCUT2D eigenvalue weighted by Crippen LogP contribution is -2.28. The lowest BCUT2D eigenvalue weighted by atomic mass is 10.1. The number of nitrogens with one attached hydrogen (secondary N) is 1. The van der Waals surface area contributed by atoms with E-state index in [1.165, 1.54) is 0 Å². The van der Waals surface area contributed by atoms with E-state index in [1.807, 2.05) is 36.4 Å². The van der Waals surface area contributed by atoms with Gasteiger partial charge in [0.05, 0.1) is 7.11 Å². The SMILES string of the molecule is C=CCc1ccc(OCC(=O)NCc2ccccc2Cl)c(OC)c1. The van der Waals surface area contributed by atoms with Gasteiger partial charge < -0.3 is 14.8 Å². The molecule has 126 valence electrons. The molecule has 0 saturated carbocycles. The van der Waals surface area contributed by atoms with E-state index >= 15 is 0 Å². The number of allylic oxidation sites excluding steroid dienone is 1. The fourth-order valence-corrected chi connectivity index (χ4v) is 2.36. The second-order valence-corrected chi connectivity index (χ2v) is 5.54. The Morgan fingerprint density at radius 2 is 2.04 bits per heavy atom. The van der Waals surface area contributed by atoms with Crippen LogP contribution in [0.4, 0.5) is 0 Å². The molecule has 0 fully saturated rings. The second kappa shape index (κ2) is 8.99. The number of halogens is 1. The quantitative estimate of drug-likeness (QED) is 0.741. The zero-order chi connectivity index (χ0) is 17.4. The fourth-order valence-electron chi connectivity index (χ4n) is 2.15. The molecule has 0 aliphatic heterocycles. The maximum absolute atomic E-state index is 11.9. The molecule has 24 heavy (non-hydrogen) atoms. The van der Waals surface area contributed by atoms with Gasteiger partial charge in [0.25, 0.3) is 5.91 Å². The first kappa shape index (κ1) is 17.9. The van der Waals surface area contributed by atoms with Crippen molar-refractivity contribution >= 4 is 17.5 Å². The Labute approximate surface area is 147 Å². The summed E-state index contributed by atoms with van der Waals surface area (Å²) in [7, 11) is 1.57. The Hall–Kier alpha value is -2.46. The van der Waals surface area contributed by atoms with Gasteiger partial charge in [0.1, 0.15) is 0 Å². The van der Waals surface area contributed by atoms with Crippen LogP contribution in [-0.2, 0) is 17.8 Å². The zero-order valence-corrected chi connectivity index (χ0v) is 14.3. The van der Waals surface area contributed by atoms with Gasteiger partial charge in [-0.15, -0.1) is 6.58 Å². The third-order valence-corrected chi connectivity index (χ3v) is 3.77. The standard InChI is InChI=1S/C19H20ClNO3/c1-3-6-14-9-10-17(18(11-14)23-2)24-13-19(22)21-12-15-7-4-5-8-16(15)20/h3-5,7-11H,1,6,12-13H2,2H3,(H,21,22). The highest BCUT2D eigenvalue weighted by atomic mass is 35.5. The van der Waals surface area contributed by atoms with Gasteiger partial charge in [0.15, 0.2) is 18.1 Å². The van der Waals surface area contributed by atoms with Gasteiger partial charge in [-0.2, -0.15) is 0 Å². The number of hydrogen-bond donors (Lipinski definition) is 1. The molecule has 1 N–H and O–H groups in total. The second-order valence-electron chi connectivity index (χ2n) is 5.13. The maximum atomic E-state index is 11.9. The van der Waals surface area contributed by atoms with E-state index in [0.29, 0.717) is 23.1 Å². The van der Waals surface area contributed by atoms with Crippen molar-refractivity contribution in [2.45, 2.75) is 13.0 Å². The molecular formula is C19H20ClNO3. The monoisotopic (exact) mass is 345 g/mol. The summed E-state index contributed by atoms with van der Waals surface area (Å²) >= 11 is 6.05. The van der Waals surface area contributed by atoms with Gasteiger partial charge >= 0.3 is 0 Å². The van der Waals surface area contributed by atoms with Crippen LogP contribution in [0.2, 0.25) is 5.02 Å². The van der Waals surface area contributed by atoms with Crippen LogP contribution in [0, 0.1) is 0 Å². The number of rotatable bonds is 8. The molecular weight excluding hydrogens is 326 g/mol. The molecule has 0 bridgehead atoms. The summed E-state index contributed by atoms with van der Waals surface area (Å²) in [4.78, 5) is 11.9. The Balaban J connectivity index is 1.89. The van der Waals surface area contributed by atoms with E-state index in [1.54, 1.807) is 19.2 Å². The van der Waals surface area contributed by atoms with E-state index < -0.39 is 0 Å². The molecule has 2 aromatic carbocycles. The number of amides is 1. The lowest BCUT2D eigenvalue weighted by Gasteiger charge is -2.12. The van der Waals surface area contributed by atoms with Crippen molar-refractivity contribution in [1.82, 2.24) is 5.32 Å². The minimum absolute atomic E-state index is 0.0956. The van der Waals surface area contributed by atoms with Crippen LogP contribution in [0.15, 0.2) is 55.1 Å². The molecule has 0 aliphatic carbocycles. The van der Waals surface area contributed by atoms with Crippen molar-refractivity contribution in [3.8, 4) is 11.5 Å². The molecule has 0 radical (unpaired) electrons. The van der Waals surface area contributed by atoms with Crippen molar-refractivity contribution in [3.63, 3.8) is 0 Å². The highest BCUT2D eigenvalue weighted by Gasteiger charge is 2.09. The van der Waals surface area contributed by atoms with Gasteiger partial charge in [-0.3, -0.25) is 4.79 Å². The van der Waals surface area contributed by atoms with Crippen LogP contribution < -0.4 is 14.8 Å². The number of carbonyl (C=O) groups excluding carboxylic acids is 1. The molecule has 0 atom stereocenters. The summed E-state index contributed by atoms with van der Waals surface area (Å²) in [5, 5.41) is 3.40. The van der Waals surface area contributed by atoms with Crippen molar-refractivity contribution in [2.75, 3.05) is 13.7 Å². The minimum atomic E-state index is -0.229. The molecule has 1 amide bonds. The number of carbonyl (C=O) groups is 1. The molecule has 0 spiro atoms. The summed E-state index contributed by atoms with van der Waals surface area (Å²) in [5.41, 5.74) is 1.93. The van der Waals surface area contributed by atoms with Crippen LogP contribution in [0.25, 0.3) is 0 Å². The first-order valence-electron chi connectivity index (χ1n) is 7.54. The highest BCUT2D eigenvalue weighted by molar-refractivity contribution is 6.31. The molecule has 5 heteroatoms. The first-order valence-corrected chi connectivity index (χ1v) is 7.92. The van der Waals surface area contributed by atoms with E-state index in [9.17, 15) is 4.79 Å². The summed E-state index contributed by atoms with van der Waals surface area (Å²) in [6, 6.07) is 13.0. The topological polar surface area (TPSA) is 47.6 Å². The van der Waals surface area contributed by atoms with Crippen LogP contribution in [0.5, 0.6) is 11.5 Å². The minimum Gasteiger partial charge on any atom is -0.493 e. The third-order valence-electron chi connectivity index (χ3n) is 3.40.